The first-order valence-corrected chi connectivity index (χ1v) is 6.57. The minimum Gasteiger partial charge on any atom is -0.395 e. The second-order valence-corrected chi connectivity index (χ2v) is 5.01. The molecule has 1 fully saturated rings. The lowest BCUT2D eigenvalue weighted by Crippen LogP contribution is -2.47. The van der Waals surface area contributed by atoms with Gasteiger partial charge in [-0.3, -0.25) is 4.90 Å². The van der Waals surface area contributed by atoms with Crippen LogP contribution in [0.3, 0.4) is 0 Å². The molecule has 1 saturated heterocycles. The molecule has 2 unspecified atom stereocenters. The van der Waals surface area contributed by atoms with Crippen LogP contribution in [0.15, 0.2) is 18.2 Å². The quantitative estimate of drug-likeness (QED) is 0.868. The van der Waals surface area contributed by atoms with Crippen LogP contribution in [-0.4, -0.2) is 47.0 Å². The zero-order valence-electron chi connectivity index (χ0n) is 10.7. The third-order valence-electron chi connectivity index (χ3n) is 3.72. The minimum absolute atomic E-state index is 0.0251. The standard InChI is InChI=1S/C14H19F2NO2/c15-13-3-1-2-10(14(13)16)4-6-17-7-5-12(19)8-11(17)9-18/h1-3,11-12,18-19H,4-9H2. The molecule has 19 heavy (non-hydrogen) atoms. The normalized spacial score (nSPS) is 24.6. The molecule has 1 heterocycles. The molecule has 5 heteroatoms. The van der Waals surface area contributed by atoms with Crippen LogP contribution >= 0.6 is 0 Å². The van der Waals surface area contributed by atoms with Crippen molar-refractivity contribution in [2.24, 2.45) is 0 Å². The smallest absolute Gasteiger partial charge is 0.162 e. The summed E-state index contributed by atoms with van der Waals surface area (Å²) >= 11 is 0. The van der Waals surface area contributed by atoms with E-state index >= 15 is 0 Å². The van der Waals surface area contributed by atoms with Crippen LogP contribution in [0, 0.1) is 11.6 Å². The molecule has 2 rings (SSSR count). The van der Waals surface area contributed by atoms with Crippen LogP contribution in [0.25, 0.3) is 0 Å². The minimum atomic E-state index is -0.828. The van der Waals surface area contributed by atoms with Crippen molar-refractivity contribution in [2.45, 2.75) is 31.4 Å². The van der Waals surface area contributed by atoms with Gasteiger partial charge >= 0.3 is 0 Å². The molecule has 106 valence electrons. The zero-order valence-corrected chi connectivity index (χ0v) is 10.7. The fourth-order valence-electron chi connectivity index (χ4n) is 2.57. The molecular formula is C14H19F2NO2. The molecule has 3 nitrogen and oxygen atoms in total. The fourth-order valence-corrected chi connectivity index (χ4v) is 2.57. The van der Waals surface area contributed by atoms with E-state index in [-0.39, 0.29) is 18.8 Å². The second kappa shape index (κ2) is 6.41. The summed E-state index contributed by atoms with van der Waals surface area (Å²) in [4.78, 5) is 2.02. The van der Waals surface area contributed by atoms with Crippen molar-refractivity contribution in [1.29, 1.82) is 0 Å². The van der Waals surface area contributed by atoms with Crippen LogP contribution in [0.4, 0.5) is 8.78 Å². The molecule has 1 aliphatic heterocycles. The van der Waals surface area contributed by atoms with Crippen molar-refractivity contribution in [1.82, 2.24) is 4.90 Å². The lowest BCUT2D eigenvalue weighted by molar-refractivity contribution is 0.0176. The first-order valence-electron chi connectivity index (χ1n) is 6.57. The van der Waals surface area contributed by atoms with Crippen molar-refractivity contribution >= 4 is 0 Å². The van der Waals surface area contributed by atoms with Crippen LogP contribution in [0.1, 0.15) is 18.4 Å². The van der Waals surface area contributed by atoms with Gasteiger partial charge in [-0.25, -0.2) is 8.78 Å². The SMILES string of the molecule is OCC1CC(O)CCN1CCc1cccc(F)c1F. The molecule has 2 atom stereocenters. The summed E-state index contributed by atoms with van der Waals surface area (Å²) in [6.07, 6.45) is 1.21. The first-order chi connectivity index (χ1) is 9.11. The summed E-state index contributed by atoms with van der Waals surface area (Å²) in [5.41, 5.74) is 0.350. The average Bonchev–Trinajstić information content (AvgIpc) is 2.41. The number of benzene rings is 1. The first kappa shape index (κ1) is 14.4. The average molecular weight is 271 g/mol. The predicted octanol–water partition coefficient (Wildman–Crippen LogP) is 1.32. The second-order valence-electron chi connectivity index (χ2n) is 5.01. The third kappa shape index (κ3) is 3.49. The van der Waals surface area contributed by atoms with E-state index in [0.717, 1.165) is 6.07 Å². The number of aliphatic hydroxyl groups is 2. The Labute approximate surface area is 111 Å². The monoisotopic (exact) mass is 271 g/mol. The largest absolute Gasteiger partial charge is 0.395 e. The Bertz CT molecular complexity index is 428. The Kier molecular flexibility index (Phi) is 4.85. The molecule has 1 aromatic carbocycles. The zero-order chi connectivity index (χ0) is 13.8. The summed E-state index contributed by atoms with van der Waals surface area (Å²) in [7, 11) is 0. The number of hydrogen-bond donors (Lipinski definition) is 2. The molecule has 0 aromatic heterocycles. The summed E-state index contributed by atoms with van der Waals surface area (Å²) in [5.74, 6) is -1.62. The van der Waals surface area contributed by atoms with Gasteiger partial charge in [-0.1, -0.05) is 12.1 Å². The van der Waals surface area contributed by atoms with Gasteiger partial charge in [-0.05, 0) is 30.9 Å². The number of hydrogen-bond acceptors (Lipinski definition) is 3. The van der Waals surface area contributed by atoms with Gasteiger partial charge in [0.25, 0.3) is 0 Å². The maximum Gasteiger partial charge on any atom is 0.162 e. The molecular weight excluding hydrogens is 252 g/mol. The fraction of sp³-hybridized carbons (Fsp3) is 0.571. The van der Waals surface area contributed by atoms with Crippen LogP contribution < -0.4 is 0 Å². The third-order valence-corrected chi connectivity index (χ3v) is 3.72. The Balaban J connectivity index is 1.96. The van der Waals surface area contributed by atoms with E-state index in [2.05, 4.69) is 0 Å². The lowest BCUT2D eigenvalue weighted by Gasteiger charge is -2.36. The van der Waals surface area contributed by atoms with E-state index < -0.39 is 11.6 Å². The van der Waals surface area contributed by atoms with Gasteiger partial charge in [-0.2, -0.15) is 0 Å². The van der Waals surface area contributed by atoms with E-state index in [1.807, 2.05) is 4.90 Å². The van der Waals surface area contributed by atoms with Gasteiger partial charge in [0.2, 0.25) is 0 Å². The number of piperidine rings is 1. The maximum atomic E-state index is 13.5. The molecule has 1 aliphatic rings. The number of rotatable bonds is 4. The van der Waals surface area contributed by atoms with Crippen molar-refractivity contribution in [2.75, 3.05) is 19.7 Å². The number of likely N-dealkylation sites (tertiary alicyclic amines) is 1. The molecule has 0 radical (unpaired) electrons. The molecule has 0 amide bonds. The molecule has 0 aliphatic carbocycles. The highest BCUT2D eigenvalue weighted by Gasteiger charge is 2.26. The van der Waals surface area contributed by atoms with E-state index in [0.29, 0.717) is 37.9 Å². The van der Waals surface area contributed by atoms with Gasteiger partial charge < -0.3 is 10.2 Å². The molecule has 1 aromatic rings. The van der Waals surface area contributed by atoms with Crippen LogP contribution in [0.2, 0.25) is 0 Å². The highest BCUT2D eigenvalue weighted by atomic mass is 19.2. The van der Waals surface area contributed by atoms with E-state index in [4.69, 9.17) is 0 Å². The van der Waals surface area contributed by atoms with Gasteiger partial charge in [-0.15, -0.1) is 0 Å². The van der Waals surface area contributed by atoms with Crippen LogP contribution in [-0.2, 0) is 6.42 Å². The van der Waals surface area contributed by atoms with Gasteiger partial charge in [0.1, 0.15) is 0 Å². The lowest BCUT2D eigenvalue weighted by atomic mass is 9.99. The summed E-state index contributed by atoms with van der Waals surface area (Å²) in [6.45, 7) is 1.20. The Morgan fingerprint density at radius 1 is 1.32 bits per heavy atom. The Hall–Kier alpha value is -1.04. The Morgan fingerprint density at radius 3 is 2.84 bits per heavy atom. The number of nitrogens with zero attached hydrogens (tertiary/aromatic N) is 1. The maximum absolute atomic E-state index is 13.5. The highest BCUT2D eigenvalue weighted by Crippen LogP contribution is 2.19. The van der Waals surface area contributed by atoms with E-state index in [1.165, 1.54) is 6.07 Å². The number of halogens is 2. The van der Waals surface area contributed by atoms with Crippen LogP contribution in [0.5, 0.6) is 0 Å². The van der Waals surface area contributed by atoms with Crippen molar-refractivity contribution in [3.63, 3.8) is 0 Å². The van der Waals surface area contributed by atoms with Crippen molar-refractivity contribution in [3.05, 3.63) is 35.4 Å². The molecule has 2 N–H and O–H groups in total. The molecule has 0 saturated carbocycles. The topological polar surface area (TPSA) is 43.7 Å². The highest BCUT2D eigenvalue weighted by molar-refractivity contribution is 5.19. The van der Waals surface area contributed by atoms with Gasteiger partial charge in [0, 0.05) is 19.1 Å². The predicted molar refractivity (Wildman–Crippen MR) is 67.7 cm³/mol. The van der Waals surface area contributed by atoms with Crippen molar-refractivity contribution in [3.8, 4) is 0 Å². The summed E-state index contributed by atoms with van der Waals surface area (Å²) < 4.78 is 26.6. The Morgan fingerprint density at radius 2 is 2.11 bits per heavy atom. The summed E-state index contributed by atoms with van der Waals surface area (Å²) in [6, 6.07) is 4.08. The molecule has 0 spiro atoms. The van der Waals surface area contributed by atoms with E-state index in [9.17, 15) is 19.0 Å². The van der Waals surface area contributed by atoms with Gasteiger partial charge in [0.05, 0.1) is 12.7 Å². The molecule has 0 bridgehead atoms. The number of aliphatic hydroxyl groups excluding tert-OH is 2. The van der Waals surface area contributed by atoms with Gasteiger partial charge in [0.15, 0.2) is 11.6 Å². The van der Waals surface area contributed by atoms with E-state index in [1.54, 1.807) is 6.07 Å². The van der Waals surface area contributed by atoms with Crippen molar-refractivity contribution < 1.29 is 19.0 Å². The summed E-state index contributed by atoms with van der Waals surface area (Å²) in [5, 5.41) is 18.8.